The Balaban J connectivity index is 1.80. The predicted molar refractivity (Wildman–Crippen MR) is 87.7 cm³/mol. The molecule has 0 aromatic carbocycles. The number of hydrogen-bond donors (Lipinski definition) is 2. The van der Waals surface area contributed by atoms with E-state index in [-0.39, 0.29) is 10.9 Å². The van der Waals surface area contributed by atoms with Crippen molar-refractivity contribution in [1.82, 2.24) is 20.2 Å². The van der Waals surface area contributed by atoms with Crippen molar-refractivity contribution in [1.29, 1.82) is 0 Å². The Morgan fingerprint density at radius 1 is 1.29 bits per heavy atom. The van der Waals surface area contributed by atoms with Crippen LogP contribution >= 0.6 is 11.5 Å². The van der Waals surface area contributed by atoms with Gasteiger partial charge < -0.3 is 10.1 Å². The largest absolute Gasteiger partial charge is 0.448 e. The number of carbonyl (C=O) groups is 3. The molecule has 0 bridgehead atoms. The van der Waals surface area contributed by atoms with Crippen LogP contribution in [0.25, 0.3) is 0 Å². The molecule has 1 aromatic rings. The summed E-state index contributed by atoms with van der Waals surface area (Å²) in [5.74, 6) is -1.32. The number of urea groups is 1. The van der Waals surface area contributed by atoms with Gasteiger partial charge in [0.05, 0.1) is 5.69 Å². The van der Waals surface area contributed by atoms with Gasteiger partial charge in [0.1, 0.15) is 0 Å². The topological polar surface area (TPSA) is 110 Å². The summed E-state index contributed by atoms with van der Waals surface area (Å²) in [4.78, 5) is 36.1. The highest BCUT2D eigenvalue weighted by atomic mass is 32.1. The SMILES string of the molecule is CCc1nnsc1C(=O)O[C@@H](C)C(=O)NC(=O)NC1CCCCC1. The highest BCUT2D eigenvalue weighted by Gasteiger charge is 2.25. The smallest absolute Gasteiger partial charge is 0.352 e. The van der Waals surface area contributed by atoms with Crippen LogP contribution in [0.5, 0.6) is 0 Å². The van der Waals surface area contributed by atoms with E-state index in [2.05, 4.69) is 20.2 Å². The van der Waals surface area contributed by atoms with E-state index in [9.17, 15) is 14.4 Å². The minimum atomic E-state index is -1.08. The summed E-state index contributed by atoms with van der Waals surface area (Å²) >= 11 is 0.926. The molecule has 8 nitrogen and oxygen atoms in total. The number of hydrogen-bond acceptors (Lipinski definition) is 7. The van der Waals surface area contributed by atoms with Gasteiger partial charge in [0.15, 0.2) is 11.0 Å². The summed E-state index contributed by atoms with van der Waals surface area (Å²) < 4.78 is 8.80. The number of rotatable bonds is 5. The average molecular weight is 354 g/mol. The molecule has 0 radical (unpaired) electrons. The third kappa shape index (κ3) is 4.98. The summed E-state index contributed by atoms with van der Waals surface area (Å²) in [6.45, 7) is 3.26. The Kier molecular flexibility index (Phi) is 6.65. The third-order valence-corrected chi connectivity index (χ3v) is 4.65. The molecule has 24 heavy (non-hydrogen) atoms. The van der Waals surface area contributed by atoms with Crippen LogP contribution in [-0.4, -0.2) is 39.6 Å². The number of aryl methyl sites for hydroxylation is 1. The maximum Gasteiger partial charge on any atom is 0.352 e. The number of amides is 3. The molecule has 0 unspecified atom stereocenters. The normalized spacial score (nSPS) is 16.2. The Morgan fingerprint density at radius 2 is 2.00 bits per heavy atom. The summed E-state index contributed by atoms with van der Waals surface area (Å²) in [6.07, 6.45) is 4.64. The zero-order valence-corrected chi connectivity index (χ0v) is 14.6. The van der Waals surface area contributed by atoms with Gasteiger partial charge >= 0.3 is 12.0 Å². The number of nitrogens with one attached hydrogen (secondary N) is 2. The molecular weight excluding hydrogens is 332 g/mol. The van der Waals surface area contributed by atoms with Crippen LogP contribution in [0.3, 0.4) is 0 Å². The monoisotopic (exact) mass is 354 g/mol. The number of ether oxygens (including phenoxy) is 1. The molecular formula is C15H22N4O4S. The van der Waals surface area contributed by atoms with Crippen molar-refractivity contribution in [2.75, 3.05) is 0 Å². The van der Waals surface area contributed by atoms with Gasteiger partial charge in [-0.2, -0.15) is 0 Å². The van der Waals surface area contributed by atoms with Crippen molar-refractivity contribution < 1.29 is 19.1 Å². The van der Waals surface area contributed by atoms with E-state index in [0.717, 1.165) is 37.2 Å². The van der Waals surface area contributed by atoms with Crippen LogP contribution in [0.1, 0.15) is 61.3 Å². The maximum absolute atomic E-state index is 12.0. The fourth-order valence-corrected chi connectivity index (χ4v) is 3.18. The molecule has 1 heterocycles. The summed E-state index contributed by atoms with van der Waals surface area (Å²) in [7, 11) is 0. The number of carbonyl (C=O) groups excluding carboxylic acids is 3. The quantitative estimate of drug-likeness (QED) is 0.780. The fourth-order valence-electron chi connectivity index (χ4n) is 2.54. The number of aromatic nitrogens is 2. The standard InChI is InChI=1S/C15H22N4O4S/c1-3-11-12(24-19-18-11)14(21)23-9(2)13(20)17-15(22)16-10-7-5-4-6-8-10/h9-10H,3-8H2,1-2H3,(H2,16,17,20,22)/t9-/m0/s1. The van der Waals surface area contributed by atoms with Gasteiger partial charge in [-0.05, 0) is 37.7 Å². The van der Waals surface area contributed by atoms with E-state index in [1.54, 1.807) is 0 Å². The van der Waals surface area contributed by atoms with E-state index in [4.69, 9.17) is 4.74 Å². The maximum atomic E-state index is 12.0. The van der Waals surface area contributed by atoms with Crippen LogP contribution < -0.4 is 10.6 Å². The van der Waals surface area contributed by atoms with Crippen LogP contribution in [0, 0.1) is 0 Å². The molecule has 0 aliphatic heterocycles. The first-order chi connectivity index (χ1) is 11.5. The average Bonchev–Trinajstić information content (AvgIpc) is 3.04. The summed E-state index contributed by atoms with van der Waals surface area (Å²) in [5.41, 5.74) is 0.535. The molecule has 1 aliphatic carbocycles. The van der Waals surface area contributed by atoms with Crippen molar-refractivity contribution >= 4 is 29.4 Å². The Labute approximate surface area is 144 Å². The molecule has 132 valence electrons. The lowest BCUT2D eigenvalue weighted by Gasteiger charge is -2.23. The number of esters is 1. The predicted octanol–water partition coefficient (Wildman–Crippen LogP) is 1.80. The molecule has 2 rings (SSSR count). The molecule has 1 aliphatic rings. The first kappa shape index (κ1) is 18.3. The highest BCUT2D eigenvalue weighted by molar-refractivity contribution is 7.07. The number of nitrogens with zero attached hydrogens (tertiary/aromatic N) is 2. The van der Waals surface area contributed by atoms with Gasteiger partial charge in [0.2, 0.25) is 0 Å². The lowest BCUT2D eigenvalue weighted by Crippen LogP contribution is -2.48. The minimum absolute atomic E-state index is 0.0970. The van der Waals surface area contributed by atoms with E-state index < -0.39 is 24.0 Å². The molecule has 0 saturated heterocycles. The van der Waals surface area contributed by atoms with Gasteiger partial charge in [-0.25, -0.2) is 9.59 Å². The second-order valence-electron chi connectivity index (χ2n) is 5.75. The Morgan fingerprint density at radius 3 is 2.67 bits per heavy atom. The minimum Gasteiger partial charge on any atom is -0.448 e. The molecule has 2 N–H and O–H groups in total. The van der Waals surface area contributed by atoms with Crippen LogP contribution in [0.15, 0.2) is 0 Å². The Hall–Kier alpha value is -2.03. The lowest BCUT2D eigenvalue weighted by atomic mass is 9.96. The van der Waals surface area contributed by atoms with Crippen molar-refractivity contribution in [3.8, 4) is 0 Å². The van der Waals surface area contributed by atoms with Crippen LogP contribution in [0.4, 0.5) is 4.79 Å². The molecule has 9 heteroatoms. The van der Waals surface area contributed by atoms with E-state index in [1.165, 1.54) is 13.3 Å². The Bertz CT molecular complexity index is 598. The molecule has 3 amide bonds. The van der Waals surface area contributed by atoms with E-state index in [0.29, 0.717) is 12.1 Å². The molecule has 0 spiro atoms. The molecule has 1 saturated carbocycles. The zero-order valence-electron chi connectivity index (χ0n) is 13.8. The van der Waals surface area contributed by atoms with Gasteiger partial charge in [-0.1, -0.05) is 30.7 Å². The number of imide groups is 1. The highest BCUT2D eigenvalue weighted by Crippen LogP contribution is 2.17. The molecule has 1 aromatic heterocycles. The second-order valence-corrected chi connectivity index (χ2v) is 6.50. The van der Waals surface area contributed by atoms with Crippen molar-refractivity contribution in [2.24, 2.45) is 0 Å². The van der Waals surface area contributed by atoms with Gasteiger partial charge in [-0.3, -0.25) is 10.1 Å². The van der Waals surface area contributed by atoms with Gasteiger partial charge in [-0.15, -0.1) is 5.10 Å². The molecule has 1 atom stereocenters. The first-order valence-electron chi connectivity index (χ1n) is 8.14. The van der Waals surface area contributed by atoms with Gasteiger partial charge in [0, 0.05) is 6.04 Å². The van der Waals surface area contributed by atoms with Crippen molar-refractivity contribution in [3.05, 3.63) is 10.6 Å². The first-order valence-corrected chi connectivity index (χ1v) is 8.92. The zero-order chi connectivity index (χ0) is 17.5. The molecule has 1 fully saturated rings. The van der Waals surface area contributed by atoms with Crippen molar-refractivity contribution in [2.45, 2.75) is 64.5 Å². The van der Waals surface area contributed by atoms with Crippen LogP contribution in [-0.2, 0) is 16.0 Å². The lowest BCUT2D eigenvalue weighted by molar-refractivity contribution is -0.127. The van der Waals surface area contributed by atoms with E-state index in [1.807, 2.05) is 6.92 Å². The van der Waals surface area contributed by atoms with Gasteiger partial charge in [0.25, 0.3) is 5.91 Å². The second kappa shape index (κ2) is 8.72. The van der Waals surface area contributed by atoms with Crippen molar-refractivity contribution in [3.63, 3.8) is 0 Å². The van der Waals surface area contributed by atoms with E-state index >= 15 is 0 Å². The summed E-state index contributed by atoms with van der Waals surface area (Å²) in [5, 5.41) is 8.81. The third-order valence-electron chi connectivity index (χ3n) is 3.91. The summed E-state index contributed by atoms with van der Waals surface area (Å²) in [6, 6.07) is -0.455. The van der Waals surface area contributed by atoms with Crippen LogP contribution in [0.2, 0.25) is 0 Å². The fraction of sp³-hybridized carbons (Fsp3) is 0.667.